The summed E-state index contributed by atoms with van der Waals surface area (Å²) in [6, 6.07) is 5.38. The van der Waals surface area contributed by atoms with Crippen LogP contribution in [0.4, 0.5) is 0 Å². The maximum atomic E-state index is 11.2. The number of guanidine groups is 1. The molecule has 1 aromatic carbocycles. The lowest BCUT2D eigenvalue weighted by Gasteiger charge is -2.26. The van der Waals surface area contributed by atoms with Gasteiger partial charge >= 0.3 is 0 Å². The Hall–Kier alpha value is -3.26. The number of benzene rings is 1. The molecule has 0 radical (unpaired) electrons. The second-order valence-corrected chi connectivity index (χ2v) is 17.5. The number of nitrogens with two attached hydrogens (primary N) is 2. The second kappa shape index (κ2) is 23.5. The average molecular weight is 808 g/mol. The number of aryl methyl sites for hydroxylation is 1. The number of hydrogen-bond donors (Lipinski definition) is 8. The maximum absolute atomic E-state index is 11.2. The summed E-state index contributed by atoms with van der Waals surface area (Å²) in [5, 5.41) is 48.5. The molecule has 2 aliphatic carbocycles. The van der Waals surface area contributed by atoms with Gasteiger partial charge in [-0.2, -0.15) is 0 Å². The highest BCUT2D eigenvalue weighted by Gasteiger charge is 2.49. The number of aliphatic hydroxyl groups excluding tert-OH is 3. The molecule has 11 N–H and O–H groups in total. The lowest BCUT2D eigenvalue weighted by molar-refractivity contribution is -0.0553. The van der Waals surface area contributed by atoms with Crippen molar-refractivity contribution in [2.24, 2.45) is 51.0 Å². The number of ether oxygens (including phenoxy) is 2. The third kappa shape index (κ3) is 13.6. The van der Waals surface area contributed by atoms with Gasteiger partial charge < -0.3 is 52.0 Å². The van der Waals surface area contributed by atoms with Gasteiger partial charge in [0.05, 0.1) is 18.1 Å². The standard InChI is InChI=1S/C46H74N6O6/c1-30(25-51-46(48)49-3)8-6-10-32(20-21-47)9-4-5-13-44-35(28-53)23-36(58-44)17-14-33-15-19-42(55)45(22-33)57-29-43(56)41-24-38-39(27-50-26-31(2)54)37-12-7-11-34(37)16-18-40(38)52-41/h15,19,22-24,30-32,34,37,39,43-44,50,53-54,56,58H,4-14,16-18,20-21,25-29,47H2,1-3H3,(H3-,48,49,51,55)/p+1/t30-,31+,32-,34-,37+,39-,43+,44?/m1/s1. The van der Waals surface area contributed by atoms with Crippen molar-refractivity contribution in [3.63, 3.8) is 0 Å². The summed E-state index contributed by atoms with van der Waals surface area (Å²) in [5.41, 5.74) is 15.4. The first-order chi connectivity index (χ1) is 28.1. The molecule has 12 nitrogen and oxygen atoms in total. The zero-order valence-electron chi connectivity index (χ0n) is 35.5. The van der Waals surface area contributed by atoms with Crippen molar-refractivity contribution in [1.82, 2.24) is 10.6 Å². The molecule has 4 aliphatic rings. The van der Waals surface area contributed by atoms with E-state index in [4.69, 9.17) is 25.9 Å². The van der Waals surface area contributed by atoms with E-state index in [1.54, 1.807) is 20.0 Å². The molecule has 12 heteroatoms. The minimum absolute atomic E-state index is 0.0126. The number of nitrogens with one attached hydrogen (secondary N) is 2. The second-order valence-electron chi connectivity index (χ2n) is 17.5. The summed E-state index contributed by atoms with van der Waals surface area (Å²) >= 11 is 0. The molecule has 0 amide bonds. The molecule has 324 valence electrons. The van der Waals surface area contributed by atoms with Gasteiger partial charge in [-0.25, -0.2) is 0 Å². The number of aliphatic imine (C=N–C) groups is 2. The van der Waals surface area contributed by atoms with Crippen molar-refractivity contribution in [3.05, 3.63) is 59.2 Å². The minimum Gasteiger partial charge on any atom is -0.504 e. The summed E-state index contributed by atoms with van der Waals surface area (Å²) in [6.45, 7) is 6.96. The number of rotatable bonds is 25. The zero-order valence-corrected chi connectivity index (χ0v) is 35.5. The maximum Gasteiger partial charge on any atom is 0.208 e. The fourth-order valence-corrected chi connectivity index (χ4v) is 9.58. The Labute approximate surface area is 348 Å². The highest BCUT2D eigenvalue weighted by atomic mass is 16.5. The fourth-order valence-electron chi connectivity index (χ4n) is 9.58. The number of aromatic hydroxyl groups is 1. The quantitative estimate of drug-likeness (QED) is 0.0220. The SMILES string of the molecule is CN=C(N)NC[C@H](C)CCC[C@H](CCN)CCCCC1[OH+][C-](CCc2ccc(O)c(OC[C@H](O)C3=C[C+]4C(=N3)CC[C@H]3CCC[C@@H]3[C@H]4CNC[C@H](C)O)c2)C=C1CO. The van der Waals surface area contributed by atoms with E-state index < -0.39 is 12.2 Å². The monoisotopic (exact) mass is 808 g/mol. The molecule has 2 fully saturated rings. The highest BCUT2D eigenvalue weighted by molar-refractivity contribution is 6.03. The number of allylic oxidation sites excluding steroid dienone is 1. The Morgan fingerprint density at radius 3 is 2.71 bits per heavy atom. The smallest absolute Gasteiger partial charge is 0.208 e. The normalized spacial score (nSPS) is 24.1. The van der Waals surface area contributed by atoms with E-state index in [0.29, 0.717) is 60.0 Å². The van der Waals surface area contributed by atoms with E-state index in [1.165, 1.54) is 44.4 Å². The number of aliphatic hydroxyl groups is 5. The number of hydrogen-bond acceptors (Lipinski definition) is 9. The van der Waals surface area contributed by atoms with Crippen molar-refractivity contribution in [1.29, 1.82) is 0 Å². The Morgan fingerprint density at radius 2 is 1.93 bits per heavy atom. The predicted molar refractivity (Wildman–Crippen MR) is 233 cm³/mol. The van der Waals surface area contributed by atoms with E-state index in [-0.39, 0.29) is 25.1 Å². The van der Waals surface area contributed by atoms with Crippen LogP contribution in [-0.4, -0.2) is 102 Å². The van der Waals surface area contributed by atoms with E-state index in [1.807, 2.05) is 12.1 Å². The Bertz CT molecular complexity index is 1530. The van der Waals surface area contributed by atoms with E-state index in [9.17, 15) is 20.4 Å². The molecule has 2 saturated carbocycles. The lowest BCUT2D eigenvalue weighted by Crippen LogP contribution is -2.36. The summed E-state index contributed by atoms with van der Waals surface area (Å²) in [6.07, 6.45) is 19.9. The van der Waals surface area contributed by atoms with Crippen LogP contribution in [0.15, 0.2) is 51.6 Å². The first-order valence-corrected chi connectivity index (χ1v) is 22.3. The number of fused-ring (bicyclic) bond motifs is 2. The van der Waals surface area contributed by atoms with Crippen LogP contribution in [0.3, 0.4) is 0 Å². The van der Waals surface area contributed by atoms with Gasteiger partial charge in [0.2, 0.25) is 5.70 Å². The van der Waals surface area contributed by atoms with Crippen molar-refractivity contribution in [2.75, 3.05) is 46.4 Å². The van der Waals surface area contributed by atoms with Crippen LogP contribution >= 0.6 is 0 Å². The van der Waals surface area contributed by atoms with Crippen LogP contribution in [0.1, 0.15) is 109 Å². The van der Waals surface area contributed by atoms with E-state index in [2.05, 4.69) is 34.7 Å². The number of phenols is 1. The molecule has 1 aromatic rings. The fraction of sp³-hybridized carbons (Fsp3) is 0.696. The van der Waals surface area contributed by atoms with Crippen molar-refractivity contribution >= 4 is 11.7 Å². The van der Waals surface area contributed by atoms with Gasteiger partial charge in [0.15, 0.2) is 23.6 Å². The first-order valence-electron chi connectivity index (χ1n) is 22.3. The average Bonchev–Trinajstić information content (AvgIpc) is 3.95. The van der Waals surface area contributed by atoms with Crippen LogP contribution < -0.4 is 26.8 Å². The summed E-state index contributed by atoms with van der Waals surface area (Å²) in [7, 11) is 1.69. The summed E-state index contributed by atoms with van der Waals surface area (Å²) in [5.74, 6) is 4.87. The first kappa shape index (κ1) is 45.8. The van der Waals surface area contributed by atoms with Gasteiger partial charge in [-0.3, -0.25) is 4.99 Å². The minimum atomic E-state index is -0.928. The largest absolute Gasteiger partial charge is 0.504 e. The third-order valence-electron chi connectivity index (χ3n) is 12.9. The summed E-state index contributed by atoms with van der Waals surface area (Å²) < 4.78 is 11.0. The Kier molecular flexibility index (Phi) is 18.6. The highest BCUT2D eigenvalue weighted by Crippen LogP contribution is 2.48. The van der Waals surface area contributed by atoms with Crippen molar-refractivity contribution < 1.29 is 29.9 Å². The van der Waals surface area contributed by atoms with Gasteiger partial charge in [-0.15, -0.1) is 16.6 Å². The molecular formula is C46H75N6O6+. The lowest BCUT2D eigenvalue weighted by atomic mass is 9.77. The predicted octanol–water partition coefficient (Wildman–Crippen LogP) is 5.00. The van der Waals surface area contributed by atoms with E-state index >= 15 is 0 Å². The molecule has 1 unspecified atom stereocenters. The molecule has 58 heavy (non-hydrogen) atoms. The van der Waals surface area contributed by atoms with Crippen molar-refractivity contribution in [3.8, 4) is 11.5 Å². The summed E-state index contributed by atoms with van der Waals surface area (Å²) in [4.78, 5) is 8.89. The Morgan fingerprint density at radius 1 is 1.10 bits per heavy atom. The van der Waals surface area contributed by atoms with Crippen molar-refractivity contribution in [2.45, 2.75) is 128 Å². The zero-order chi connectivity index (χ0) is 41.4. The van der Waals surface area contributed by atoms with Crippen LogP contribution in [0.25, 0.3) is 0 Å². The van der Waals surface area contributed by atoms with Crippen LogP contribution in [0.5, 0.6) is 11.5 Å². The van der Waals surface area contributed by atoms with Crippen LogP contribution in [-0.2, 0) is 6.42 Å². The molecule has 0 saturated heterocycles. The van der Waals surface area contributed by atoms with Gasteiger partial charge in [-0.05, 0) is 99.8 Å². The molecule has 0 aromatic heterocycles. The van der Waals surface area contributed by atoms with Gasteiger partial charge in [0.1, 0.15) is 30.4 Å². The number of phenolic OH excluding ortho intramolecular Hbond substituents is 1. The van der Waals surface area contributed by atoms with Gasteiger partial charge in [0.25, 0.3) is 0 Å². The Balaban J connectivity index is 1.05. The molecule has 0 spiro atoms. The van der Waals surface area contributed by atoms with Gasteiger partial charge in [0, 0.05) is 46.1 Å². The molecule has 8 atom stereocenters. The third-order valence-corrected chi connectivity index (χ3v) is 12.9. The molecular weight excluding hydrogens is 733 g/mol. The molecule has 0 bridgehead atoms. The van der Waals surface area contributed by atoms with Gasteiger partial charge in [-0.1, -0.05) is 51.5 Å². The van der Waals surface area contributed by atoms with E-state index in [0.717, 1.165) is 94.0 Å². The van der Waals surface area contributed by atoms with Crippen LogP contribution in [0, 0.1) is 41.6 Å². The molecule has 5 rings (SSSR count). The number of unbranched alkanes of at least 4 members (excludes halogenated alkanes) is 1. The molecule has 2 aliphatic heterocycles. The topological polar surface area (TPSA) is 204 Å². The molecule has 2 heterocycles. The number of nitrogens with zero attached hydrogens (tertiary/aromatic N) is 2. The van der Waals surface area contributed by atoms with Crippen LogP contribution in [0.2, 0.25) is 0 Å².